The van der Waals surface area contributed by atoms with Crippen LogP contribution in [0.25, 0.3) is 22.5 Å². The Balaban J connectivity index is 1.74. The van der Waals surface area contributed by atoms with Gasteiger partial charge in [0.05, 0.1) is 46.3 Å². The molecule has 3 aromatic rings. The van der Waals surface area contributed by atoms with Gasteiger partial charge in [0.2, 0.25) is 0 Å². The van der Waals surface area contributed by atoms with E-state index in [1.54, 1.807) is 30.3 Å². The van der Waals surface area contributed by atoms with Gasteiger partial charge in [-0.3, -0.25) is 9.78 Å². The van der Waals surface area contributed by atoms with E-state index in [9.17, 15) is 14.7 Å². The molecule has 0 atom stereocenters. The number of benzene rings is 1. The predicted octanol–water partition coefficient (Wildman–Crippen LogP) is 5.68. The van der Waals surface area contributed by atoms with Gasteiger partial charge in [0, 0.05) is 23.9 Å². The maximum absolute atomic E-state index is 13.6. The molecule has 2 aromatic heterocycles. The largest absolute Gasteiger partial charge is 0.492 e. The minimum Gasteiger partial charge on any atom is -0.492 e. The SMILES string of the molecule is COC(=O)[C@]1(NC(=O)c2ccc(-c3ncc(Cl)cc3Cl)c(-c3ccc(Cl)c(OCCCN(C)C)c3)n2)CC[C@@H](O)CC1. The van der Waals surface area contributed by atoms with Gasteiger partial charge in [-0.1, -0.05) is 40.9 Å². The van der Waals surface area contributed by atoms with Crippen molar-refractivity contribution < 1.29 is 24.2 Å². The first-order chi connectivity index (χ1) is 20.0. The van der Waals surface area contributed by atoms with Gasteiger partial charge in [-0.2, -0.15) is 0 Å². The van der Waals surface area contributed by atoms with Crippen LogP contribution in [0.3, 0.4) is 0 Å². The van der Waals surface area contributed by atoms with Crippen LogP contribution in [0, 0.1) is 0 Å². The van der Waals surface area contributed by atoms with Crippen molar-refractivity contribution in [3.05, 3.63) is 63.4 Å². The van der Waals surface area contributed by atoms with Crippen molar-refractivity contribution in [2.75, 3.05) is 34.4 Å². The third kappa shape index (κ3) is 7.51. The van der Waals surface area contributed by atoms with E-state index in [1.165, 1.54) is 19.4 Å². The van der Waals surface area contributed by atoms with Crippen LogP contribution in [0.5, 0.6) is 5.75 Å². The van der Waals surface area contributed by atoms with Crippen LogP contribution in [-0.2, 0) is 9.53 Å². The monoisotopic (exact) mass is 634 g/mol. The Morgan fingerprint density at radius 2 is 1.81 bits per heavy atom. The molecule has 1 aliphatic rings. The molecule has 2 heterocycles. The molecule has 0 spiro atoms. The average Bonchev–Trinajstić information content (AvgIpc) is 2.96. The number of aromatic nitrogens is 2. The number of hydrogen-bond donors (Lipinski definition) is 2. The molecule has 42 heavy (non-hydrogen) atoms. The molecule has 0 saturated heterocycles. The zero-order valence-corrected chi connectivity index (χ0v) is 25.9. The molecule has 0 unspecified atom stereocenters. The van der Waals surface area contributed by atoms with Crippen molar-refractivity contribution in [1.82, 2.24) is 20.2 Å². The second-order valence-electron chi connectivity index (χ2n) is 10.5. The number of aliphatic hydroxyl groups excluding tert-OH is 1. The number of aliphatic hydroxyl groups is 1. The summed E-state index contributed by atoms with van der Waals surface area (Å²) in [7, 11) is 5.25. The van der Waals surface area contributed by atoms with Crippen LogP contribution >= 0.6 is 34.8 Å². The highest BCUT2D eigenvalue weighted by atomic mass is 35.5. The van der Waals surface area contributed by atoms with Crippen molar-refractivity contribution >= 4 is 46.7 Å². The van der Waals surface area contributed by atoms with Gasteiger partial charge in [0.25, 0.3) is 5.91 Å². The summed E-state index contributed by atoms with van der Waals surface area (Å²) in [6, 6.07) is 10.0. The lowest BCUT2D eigenvalue weighted by atomic mass is 9.80. The molecule has 1 amide bonds. The molecular weight excluding hydrogens is 603 g/mol. The van der Waals surface area contributed by atoms with Crippen molar-refractivity contribution in [3.63, 3.8) is 0 Å². The lowest BCUT2D eigenvalue weighted by Crippen LogP contribution is -2.57. The van der Waals surface area contributed by atoms with Crippen LogP contribution in [0.4, 0.5) is 0 Å². The van der Waals surface area contributed by atoms with Crippen LogP contribution in [0.15, 0.2) is 42.6 Å². The third-order valence-electron chi connectivity index (χ3n) is 7.14. The Bertz CT molecular complexity index is 1440. The first kappa shape index (κ1) is 32.0. The highest BCUT2D eigenvalue weighted by Gasteiger charge is 2.44. The lowest BCUT2D eigenvalue weighted by molar-refractivity contribution is -0.150. The van der Waals surface area contributed by atoms with Crippen molar-refractivity contribution in [3.8, 4) is 28.3 Å². The lowest BCUT2D eigenvalue weighted by Gasteiger charge is -2.36. The van der Waals surface area contributed by atoms with Gasteiger partial charge in [-0.25, -0.2) is 9.78 Å². The third-order valence-corrected chi connectivity index (χ3v) is 7.95. The number of nitrogens with one attached hydrogen (secondary N) is 1. The fourth-order valence-corrected chi connectivity index (χ4v) is 5.54. The number of carbonyl (C=O) groups excluding carboxylic acids is 2. The summed E-state index contributed by atoms with van der Waals surface area (Å²) in [5, 5.41) is 14.0. The van der Waals surface area contributed by atoms with Crippen molar-refractivity contribution in [2.24, 2.45) is 0 Å². The molecule has 1 aliphatic carbocycles. The molecule has 12 heteroatoms. The van der Waals surface area contributed by atoms with Crippen LogP contribution in [0.2, 0.25) is 15.1 Å². The van der Waals surface area contributed by atoms with Gasteiger partial charge >= 0.3 is 5.97 Å². The van der Waals surface area contributed by atoms with Crippen molar-refractivity contribution in [2.45, 2.75) is 43.7 Å². The highest BCUT2D eigenvalue weighted by molar-refractivity contribution is 6.36. The second-order valence-corrected chi connectivity index (χ2v) is 11.7. The molecule has 0 radical (unpaired) electrons. The Hall–Kier alpha value is -2.95. The normalized spacial score (nSPS) is 18.5. The number of ether oxygens (including phenoxy) is 2. The number of pyridine rings is 2. The number of hydrogen-bond acceptors (Lipinski definition) is 8. The number of esters is 1. The summed E-state index contributed by atoms with van der Waals surface area (Å²) < 4.78 is 11.0. The second kappa shape index (κ2) is 14.0. The smallest absolute Gasteiger partial charge is 0.331 e. The molecule has 0 bridgehead atoms. The molecule has 9 nitrogen and oxygen atoms in total. The Kier molecular flexibility index (Phi) is 10.7. The van der Waals surface area contributed by atoms with E-state index in [4.69, 9.17) is 49.3 Å². The molecule has 1 fully saturated rings. The van der Waals surface area contributed by atoms with Gasteiger partial charge in [-0.15, -0.1) is 0 Å². The van der Waals surface area contributed by atoms with Gasteiger partial charge < -0.3 is 24.8 Å². The number of nitrogens with zero attached hydrogens (tertiary/aromatic N) is 3. The van der Waals surface area contributed by atoms with Crippen LogP contribution in [-0.4, -0.2) is 77.9 Å². The van der Waals surface area contributed by atoms with Crippen LogP contribution < -0.4 is 10.1 Å². The number of amides is 1. The minimum atomic E-state index is -1.26. The van der Waals surface area contributed by atoms with E-state index in [2.05, 4.69) is 15.2 Å². The molecule has 224 valence electrons. The number of rotatable bonds is 10. The summed E-state index contributed by atoms with van der Waals surface area (Å²) in [5.74, 6) is -0.657. The van der Waals surface area contributed by atoms with Gasteiger partial charge in [-0.05, 0) is 76.5 Å². The molecule has 1 aromatic carbocycles. The predicted molar refractivity (Wildman–Crippen MR) is 163 cm³/mol. The molecule has 0 aliphatic heterocycles. The highest BCUT2D eigenvalue weighted by Crippen LogP contribution is 2.38. The van der Waals surface area contributed by atoms with E-state index < -0.39 is 23.5 Å². The zero-order valence-electron chi connectivity index (χ0n) is 23.6. The topological polar surface area (TPSA) is 114 Å². The number of carbonyl (C=O) groups is 2. The minimum absolute atomic E-state index is 0.0663. The van der Waals surface area contributed by atoms with E-state index >= 15 is 0 Å². The van der Waals surface area contributed by atoms with E-state index in [1.807, 2.05) is 14.1 Å². The molecule has 1 saturated carbocycles. The fourth-order valence-electron chi connectivity index (χ4n) is 4.89. The van der Waals surface area contributed by atoms with E-state index in [0.717, 1.165) is 13.0 Å². The summed E-state index contributed by atoms with van der Waals surface area (Å²) in [6.07, 6.45) is 2.94. The Morgan fingerprint density at radius 3 is 2.48 bits per heavy atom. The standard InChI is InChI=1S/C30H33Cl3N4O5/c1-37(2)13-4-14-42-25-15-18(5-7-22(25)32)26-21(27-23(33)16-19(31)17-34-27)6-8-24(35-26)28(39)36-30(29(40)41-3)11-9-20(38)10-12-30/h5-8,15-17,20,38H,4,9-14H2,1-3H3,(H,36,39)/t20-,30+. The molecule has 2 N–H and O–H groups in total. The van der Waals surface area contributed by atoms with Crippen molar-refractivity contribution in [1.29, 1.82) is 0 Å². The summed E-state index contributed by atoms with van der Waals surface area (Å²) in [6.45, 7) is 1.31. The van der Waals surface area contributed by atoms with Gasteiger partial charge in [0.1, 0.15) is 17.0 Å². The molecule has 4 rings (SSSR count). The quantitative estimate of drug-likeness (QED) is 0.216. The summed E-state index contributed by atoms with van der Waals surface area (Å²) in [5.41, 5.74) is 0.796. The Morgan fingerprint density at radius 1 is 1.07 bits per heavy atom. The maximum Gasteiger partial charge on any atom is 0.331 e. The average molecular weight is 636 g/mol. The van der Waals surface area contributed by atoms with E-state index in [0.29, 0.717) is 62.8 Å². The fraction of sp³-hybridized carbons (Fsp3) is 0.400. The molecular formula is C30H33Cl3N4O5. The van der Waals surface area contributed by atoms with Crippen LogP contribution in [0.1, 0.15) is 42.6 Å². The first-order valence-electron chi connectivity index (χ1n) is 13.5. The number of halogens is 3. The zero-order chi connectivity index (χ0) is 30.4. The van der Waals surface area contributed by atoms with Gasteiger partial charge in [0.15, 0.2) is 0 Å². The Labute approximate surface area is 260 Å². The number of methoxy groups -OCH3 is 1. The summed E-state index contributed by atoms with van der Waals surface area (Å²) >= 11 is 19.1. The van der Waals surface area contributed by atoms with E-state index in [-0.39, 0.29) is 18.5 Å². The first-order valence-corrected chi connectivity index (χ1v) is 14.7. The summed E-state index contributed by atoms with van der Waals surface area (Å²) in [4.78, 5) is 37.5. The maximum atomic E-state index is 13.6.